The first kappa shape index (κ1) is 37.9. The Morgan fingerprint density at radius 2 is 1.62 bits per heavy atom. The van der Waals surface area contributed by atoms with Crippen LogP contribution in [0.4, 0.5) is 0 Å². The van der Waals surface area contributed by atoms with Crippen molar-refractivity contribution in [3.63, 3.8) is 0 Å². The van der Waals surface area contributed by atoms with Gasteiger partial charge in [-0.25, -0.2) is 0 Å². The summed E-state index contributed by atoms with van der Waals surface area (Å²) >= 11 is 0. The molecular weight excluding hydrogens is 520 g/mol. The topological polar surface area (TPSA) is 68.3 Å². The average Bonchev–Trinajstić information content (AvgIpc) is 2.86. The van der Waals surface area contributed by atoms with Crippen LogP contribution in [0.1, 0.15) is 172 Å². The minimum atomic E-state index is -0.116. The van der Waals surface area contributed by atoms with Gasteiger partial charge in [0.05, 0.1) is 6.42 Å². The second-order valence-corrected chi connectivity index (χ2v) is 14.4. The van der Waals surface area contributed by atoms with Crippen LogP contribution in [-0.2, 0) is 27.2 Å². The van der Waals surface area contributed by atoms with Crippen LogP contribution in [0.25, 0.3) is 0 Å². The molecule has 0 N–H and O–H groups in total. The largest absolute Gasteiger partial charge is 0.300 e. The third kappa shape index (κ3) is 11.9. The van der Waals surface area contributed by atoms with Crippen LogP contribution in [-0.4, -0.2) is 23.1 Å². The van der Waals surface area contributed by atoms with Crippen LogP contribution >= 0.6 is 0 Å². The number of ketones is 4. The van der Waals surface area contributed by atoms with Crippen molar-refractivity contribution in [1.29, 1.82) is 0 Å². The number of carbonyl (C=O) groups excluding carboxylic acids is 4. The number of aryl methyl sites for hydroxylation is 1. The van der Waals surface area contributed by atoms with Gasteiger partial charge in [0.25, 0.3) is 0 Å². The highest BCUT2D eigenvalue weighted by Crippen LogP contribution is 2.40. The standard InChI is InChI=1S/C35H54O4.C3H8/c1-10-12-27(29(11-2)32(38)17-23(5)36)18-25-19-31-30(22(3)4)21-26(24(6)34(31)33(39)20-25)13-14-28(37)15-16-35(7,8)9;1-3-2/h21-22,25,27,29H,10-20H2,1-9H3;3H2,1-2H3. The Hall–Kier alpha value is -2.10. The molecule has 3 unspecified atom stereocenters. The minimum Gasteiger partial charge on any atom is -0.300 e. The molecule has 0 aliphatic heterocycles. The van der Waals surface area contributed by atoms with Crippen LogP contribution in [0.2, 0.25) is 0 Å². The number of Topliss-reactive ketones (excluding diaryl/α,β-unsaturated/α-hetero) is 4. The van der Waals surface area contributed by atoms with Crippen molar-refractivity contribution in [2.75, 3.05) is 0 Å². The molecule has 0 aromatic heterocycles. The molecular formula is C38H62O4. The van der Waals surface area contributed by atoms with Crippen LogP contribution in [0.15, 0.2) is 6.07 Å². The molecule has 238 valence electrons. The number of fused-ring (bicyclic) bond motifs is 1. The van der Waals surface area contributed by atoms with Crippen LogP contribution in [0.5, 0.6) is 0 Å². The highest BCUT2D eigenvalue weighted by atomic mass is 16.1. The van der Waals surface area contributed by atoms with E-state index in [1.165, 1.54) is 24.5 Å². The van der Waals surface area contributed by atoms with Gasteiger partial charge >= 0.3 is 0 Å². The first-order chi connectivity index (χ1) is 19.6. The van der Waals surface area contributed by atoms with Crippen molar-refractivity contribution in [2.45, 2.75) is 159 Å². The Morgan fingerprint density at radius 3 is 2.12 bits per heavy atom. The predicted octanol–water partition coefficient (Wildman–Crippen LogP) is 9.99. The fraction of sp³-hybridized carbons (Fsp3) is 0.737. The molecule has 0 heterocycles. The van der Waals surface area contributed by atoms with E-state index >= 15 is 0 Å². The van der Waals surface area contributed by atoms with Crippen LogP contribution in [0.3, 0.4) is 0 Å². The van der Waals surface area contributed by atoms with Gasteiger partial charge in [-0.15, -0.1) is 0 Å². The molecule has 1 aliphatic rings. The van der Waals surface area contributed by atoms with E-state index < -0.39 is 0 Å². The Labute approximate surface area is 258 Å². The van der Waals surface area contributed by atoms with Gasteiger partial charge in [-0.2, -0.15) is 0 Å². The molecule has 1 aromatic rings. The molecule has 1 aromatic carbocycles. The van der Waals surface area contributed by atoms with Gasteiger partial charge in [-0.05, 0) is 91.4 Å². The minimum absolute atomic E-state index is 0.0172. The maximum absolute atomic E-state index is 13.7. The van der Waals surface area contributed by atoms with Crippen molar-refractivity contribution in [3.05, 3.63) is 33.9 Å². The first-order valence-electron chi connectivity index (χ1n) is 16.8. The van der Waals surface area contributed by atoms with Gasteiger partial charge in [0.15, 0.2) is 5.78 Å². The number of benzene rings is 1. The maximum Gasteiger partial charge on any atom is 0.163 e. The van der Waals surface area contributed by atoms with E-state index in [9.17, 15) is 19.2 Å². The fourth-order valence-electron chi connectivity index (χ4n) is 6.57. The summed E-state index contributed by atoms with van der Waals surface area (Å²) in [6, 6.07) is 2.26. The lowest BCUT2D eigenvalue weighted by atomic mass is 9.70. The molecule has 0 radical (unpaired) electrons. The Morgan fingerprint density at radius 1 is 1.00 bits per heavy atom. The van der Waals surface area contributed by atoms with Crippen LogP contribution in [0, 0.1) is 30.1 Å². The van der Waals surface area contributed by atoms with Gasteiger partial charge in [0.2, 0.25) is 0 Å². The molecule has 4 nitrogen and oxygen atoms in total. The molecule has 3 atom stereocenters. The Bertz CT molecular complexity index is 1060. The Kier molecular flexibility index (Phi) is 16.1. The fourth-order valence-corrected chi connectivity index (χ4v) is 6.57. The van der Waals surface area contributed by atoms with Crippen molar-refractivity contribution < 1.29 is 19.2 Å². The molecule has 42 heavy (non-hydrogen) atoms. The summed E-state index contributed by atoms with van der Waals surface area (Å²) < 4.78 is 0. The molecule has 0 spiro atoms. The number of carbonyl (C=O) groups is 4. The maximum atomic E-state index is 13.7. The second kappa shape index (κ2) is 17.9. The van der Waals surface area contributed by atoms with Gasteiger partial charge in [0, 0.05) is 30.7 Å². The van der Waals surface area contributed by atoms with E-state index in [1.54, 1.807) is 0 Å². The van der Waals surface area contributed by atoms with Crippen molar-refractivity contribution >= 4 is 23.1 Å². The summed E-state index contributed by atoms with van der Waals surface area (Å²) in [5.41, 5.74) is 5.65. The van der Waals surface area contributed by atoms with Gasteiger partial charge in [-0.3, -0.25) is 19.2 Å². The summed E-state index contributed by atoms with van der Waals surface area (Å²) in [6.45, 7) is 22.9. The third-order valence-corrected chi connectivity index (χ3v) is 8.67. The third-order valence-electron chi connectivity index (χ3n) is 8.67. The van der Waals surface area contributed by atoms with Crippen molar-refractivity contribution in [3.8, 4) is 0 Å². The van der Waals surface area contributed by atoms with E-state index in [-0.39, 0.29) is 52.9 Å². The van der Waals surface area contributed by atoms with E-state index in [4.69, 9.17) is 0 Å². The lowest BCUT2D eigenvalue weighted by Gasteiger charge is -2.33. The molecule has 0 saturated heterocycles. The van der Waals surface area contributed by atoms with Crippen molar-refractivity contribution in [1.82, 2.24) is 0 Å². The monoisotopic (exact) mass is 582 g/mol. The summed E-state index contributed by atoms with van der Waals surface area (Å²) in [5, 5.41) is 0. The number of hydrogen-bond acceptors (Lipinski definition) is 4. The molecule has 4 heteroatoms. The molecule has 0 saturated carbocycles. The smallest absolute Gasteiger partial charge is 0.163 e. The molecule has 0 amide bonds. The normalized spacial score (nSPS) is 16.4. The SMILES string of the molecule is CCC.CCCC(CC1CC(=O)c2c(C)c(CCC(=O)CCC(C)(C)C)cc(C(C)C)c2C1)C(CC)C(=O)CC(C)=O. The highest BCUT2D eigenvalue weighted by Gasteiger charge is 2.34. The predicted molar refractivity (Wildman–Crippen MR) is 176 cm³/mol. The first-order valence-corrected chi connectivity index (χ1v) is 16.8. The van der Waals surface area contributed by atoms with Crippen molar-refractivity contribution in [2.24, 2.45) is 23.2 Å². The van der Waals surface area contributed by atoms with E-state index in [0.29, 0.717) is 31.5 Å². The summed E-state index contributed by atoms with van der Waals surface area (Å²) in [5.74, 6) is 1.08. The van der Waals surface area contributed by atoms with Gasteiger partial charge < -0.3 is 0 Å². The van der Waals surface area contributed by atoms with E-state index in [0.717, 1.165) is 55.2 Å². The summed E-state index contributed by atoms with van der Waals surface area (Å²) in [7, 11) is 0. The van der Waals surface area contributed by atoms with E-state index in [1.807, 2.05) is 6.92 Å². The zero-order valence-electron chi connectivity index (χ0n) is 29.0. The van der Waals surface area contributed by atoms with Gasteiger partial charge in [-0.1, -0.05) is 87.6 Å². The Balaban J connectivity index is 0.00000281. The summed E-state index contributed by atoms with van der Waals surface area (Å²) in [6.07, 6.45) is 8.87. The lowest BCUT2D eigenvalue weighted by Crippen LogP contribution is -2.30. The molecule has 1 aliphatic carbocycles. The number of hydrogen-bond donors (Lipinski definition) is 0. The second-order valence-electron chi connectivity index (χ2n) is 14.4. The lowest BCUT2D eigenvalue weighted by molar-refractivity contribution is -0.130. The van der Waals surface area contributed by atoms with E-state index in [2.05, 4.69) is 68.4 Å². The highest BCUT2D eigenvalue weighted by molar-refractivity contribution is 6.01. The van der Waals surface area contributed by atoms with Gasteiger partial charge in [0.1, 0.15) is 17.3 Å². The molecule has 2 rings (SSSR count). The number of rotatable bonds is 15. The zero-order valence-corrected chi connectivity index (χ0v) is 29.0. The quantitative estimate of drug-likeness (QED) is 0.193. The van der Waals surface area contributed by atoms with Crippen LogP contribution < -0.4 is 0 Å². The zero-order chi connectivity index (χ0) is 32.2. The summed E-state index contributed by atoms with van der Waals surface area (Å²) in [4.78, 5) is 50.9. The molecule has 0 bridgehead atoms. The molecule has 0 fully saturated rings. The average molecular weight is 583 g/mol.